The van der Waals surface area contributed by atoms with Crippen molar-refractivity contribution in [3.05, 3.63) is 71.0 Å². The third kappa shape index (κ3) is 5.92. The SMILES string of the molecule is CN=C(NCC(=O)N1CCc2ccccc2C1)NCc1cccc(F)c1.I. The lowest BCUT2D eigenvalue weighted by Gasteiger charge is -2.29. The molecule has 0 bridgehead atoms. The average molecular weight is 482 g/mol. The molecule has 1 heterocycles. The van der Waals surface area contributed by atoms with Crippen molar-refractivity contribution in [2.24, 2.45) is 4.99 Å². The van der Waals surface area contributed by atoms with Crippen LogP contribution in [0.25, 0.3) is 0 Å². The van der Waals surface area contributed by atoms with Crippen molar-refractivity contribution >= 4 is 35.8 Å². The van der Waals surface area contributed by atoms with E-state index in [0.29, 0.717) is 19.0 Å². The minimum atomic E-state index is -0.271. The van der Waals surface area contributed by atoms with E-state index in [1.54, 1.807) is 13.1 Å². The zero-order valence-corrected chi connectivity index (χ0v) is 17.6. The first-order valence-electron chi connectivity index (χ1n) is 8.69. The van der Waals surface area contributed by atoms with Crippen LogP contribution in [0.1, 0.15) is 16.7 Å². The monoisotopic (exact) mass is 482 g/mol. The Morgan fingerprint density at radius 1 is 1.15 bits per heavy atom. The van der Waals surface area contributed by atoms with Crippen molar-refractivity contribution < 1.29 is 9.18 Å². The Labute approximate surface area is 176 Å². The van der Waals surface area contributed by atoms with Crippen LogP contribution in [-0.4, -0.2) is 36.9 Å². The molecular weight excluding hydrogens is 458 g/mol. The van der Waals surface area contributed by atoms with Crippen molar-refractivity contribution in [2.45, 2.75) is 19.5 Å². The molecule has 2 N–H and O–H groups in total. The molecule has 0 unspecified atom stereocenters. The molecule has 2 aromatic carbocycles. The van der Waals surface area contributed by atoms with Crippen LogP contribution in [0.4, 0.5) is 4.39 Å². The number of fused-ring (bicyclic) bond motifs is 1. The van der Waals surface area contributed by atoms with Gasteiger partial charge in [0.05, 0.1) is 6.54 Å². The normalized spacial score (nSPS) is 13.4. The molecule has 1 amide bonds. The second-order valence-corrected chi connectivity index (χ2v) is 6.24. The van der Waals surface area contributed by atoms with Gasteiger partial charge in [0.1, 0.15) is 5.82 Å². The maximum absolute atomic E-state index is 13.2. The molecule has 0 saturated heterocycles. The van der Waals surface area contributed by atoms with Crippen molar-refractivity contribution in [2.75, 3.05) is 20.1 Å². The van der Waals surface area contributed by atoms with E-state index in [2.05, 4.69) is 27.8 Å². The van der Waals surface area contributed by atoms with Gasteiger partial charge in [0.25, 0.3) is 0 Å². The van der Waals surface area contributed by atoms with Gasteiger partial charge in [-0.05, 0) is 35.2 Å². The van der Waals surface area contributed by atoms with E-state index in [-0.39, 0.29) is 42.2 Å². The summed E-state index contributed by atoms with van der Waals surface area (Å²) in [7, 11) is 1.64. The Morgan fingerprint density at radius 3 is 2.67 bits per heavy atom. The molecular formula is C20H24FIN4O. The predicted molar refractivity (Wildman–Crippen MR) is 116 cm³/mol. The number of nitrogens with zero attached hydrogens (tertiary/aromatic N) is 2. The molecule has 2 aromatic rings. The summed E-state index contributed by atoms with van der Waals surface area (Å²) in [6.07, 6.45) is 0.883. The van der Waals surface area contributed by atoms with Crippen molar-refractivity contribution in [3.63, 3.8) is 0 Å². The fourth-order valence-corrected chi connectivity index (χ4v) is 3.03. The number of hydrogen-bond acceptors (Lipinski definition) is 2. The van der Waals surface area contributed by atoms with Crippen LogP contribution >= 0.6 is 24.0 Å². The number of benzene rings is 2. The molecule has 0 radical (unpaired) electrons. The molecule has 0 spiro atoms. The number of halogens is 2. The van der Waals surface area contributed by atoms with Gasteiger partial charge in [-0.25, -0.2) is 4.39 Å². The van der Waals surface area contributed by atoms with Gasteiger partial charge in [-0.15, -0.1) is 24.0 Å². The molecule has 27 heavy (non-hydrogen) atoms. The number of carbonyl (C=O) groups excluding carboxylic acids is 1. The lowest BCUT2D eigenvalue weighted by atomic mass is 10.00. The predicted octanol–water partition coefficient (Wildman–Crippen LogP) is 2.69. The van der Waals surface area contributed by atoms with Crippen LogP contribution in [0.3, 0.4) is 0 Å². The molecule has 0 fully saturated rings. The summed E-state index contributed by atoms with van der Waals surface area (Å²) in [6.45, 7) is 1.98. The van der Waals surface area contributed by atoms with Crippen molar-refractivity contribution in [1.82, 2.24) is 15.5 Å². The van der Waals surface area contributed by atoms with E-state index in [1.165, 1.54) is 23.3 Å². The maximum Gasteiger partial charge on any atom is 0.242 e. The Morgan fingerprint density at radius 2 is 1.93 bits per heavy atom. The topological polar surface area (TPSA) is 56.7 Å². The maximum atomic E-state index is 13.2. The number of rotatable bonds is 4. The van der Waals surface area contributed by atoms with E-state index in [4.69, 9.17) is 0 Å². The van der Waals surface area contributed by atoms with Gasteiger partial charge in [-0.3, -0.25) is 9.79 Å². The van der Waals surface area contributed by atoms with Crippen LogP contribution < -0.4 is 10.6 Å². The highest BCUT2D eigenvalue weighted by molar-refractivity contribution is 14.0. The molecule has 3 rings (SSSR count). The Hall–Kier alpha value is -2.16. The molecule has 0 atom stereocenters. The van der Waals surface area contributed by atoms with Gasteiger partial charge in [-0.1, -0.05) is 36.4 Å². The van der Waals surface area contributed by atoms with E-state index >= 15 is 0 Å². The molecule has 144 valence electrons. The first kappa shape index (κ1) is 21.1. The van der Waals surface area contributed by atoms with Crippen molar-refractivity contribution in [3.8, 4) is 0 Å². The average Bonchev–Trinajstić information content (AvgIpc) is 2.67. The molecule has 5 nitrogen and oxygen atoms in total. The number of guanidine groups is 1. The fraction of sp³-hybridized carbons (Fsp3) is 0.300. The number of amides is 1. The molecule has 1 aliphatic heterocycles. The van der Waals surface area contributed by atoms with E-state index in [1.807, 2.05) is 23.1 Å². The van der Waals surface area contributed by atoms with Crippen LogP contribution in [0.15, 0.2) is 53.5 Å². The second-order valence-electron chi connectivity index (χ2n) is 6.24. The second kappa shape index (κ2) is 10.2. The number of carbonyl (C=O) groups is 1. The molecule has 0 aromatic heterocycles. The summed E-state index contributed by atoms with van der Waals surface area (Å²) in [6, 6.07) is 14.6. The first-order valence-corrected chi connectivity index (χ1v) is 8.69. The number of aliphatic imine (C=N–C) groups is 1. The van der Waals surface area contributed by atoms with Crippen molar-refractivity contribution in [1.29, 1.82) is 0 Å². The fourth-order valence-electron chi connectivity index (χ4n) is 3.03. The Balaban J connectivity index is 0.00000261. The summed E-state index contributed by atoms with van der Waals surface area (Å²) in [5.74, 6) is 0.279. The van der Waals surface area contributed by atoms with Crippen LogP contribution in [0.2, 0.25) is 0 Å². The highest BCUT2D eigenvalue weighted by atomic mass is 127. The van der Waals surface area contributed by atoms with Gasteiger partial charge < -0.3 is 15.5 Å². The molecule has 1 aliphatic rings. The quantitative estimate of drug-likeness (QED) is 0.401. The van der Waals surface area contributed by atoms with Gasteiger partial charge in [0.15, 0.2) is 5.96 Å². The Kier molecular flexibility index (Phi) is 8.02. The molecule has 0 aliphatic carbocycles. The molecule has 7 heteroatoms. The minimum Gasteiger partial charge on any atom is -0.352 e. The summed E-state index contributed by atoms with van der Waals surface area (Å²) >= 11 is 0. The smallest absolute Gasteiger partial charge is 0.242 e. The van der Waals surface area contributed by atoms with Crippen LogP contribution in [-0.2, 0) is 24.3 Å². The van der Waals surface area contributed by atoms with Crippen LogP contribution in [0, 0.1) is 5.82 Å². The van der Waals surface area contributed by atoms with Crippen LogP contribution in [0.5, 0.6) is 0 Å². The number of hydrogen-bond donors (Lipinski definition) is 2. The largest absolute Gasteiger partial charge is 0.352 e. The third-order valence-electron chi connectivity index (χ3n) is 4.46. The van der Waals surface area contributed by atoms with E-state index in [9.17, 15) is 9.18 Å². The standard InChI is InChI=1S/C20H23FN4O.HI/c1-22-20(23-12-15-5-4-8-18(21)11-15)24-13-19(26)25-10-9-16-6-2-3-7-17(16)14-25;/h2-8,11H,9-10,12-14H2,1H3,(H2,22,23,24);1H. The highest BCUT2D eigenvalue weighted by Gasteiger charge is 2.20. The summed E-state index contributed by atoms with van der Waals surface area (Å²) in [5, 5.41) is 6.12. The first-order chi connectivity index (χ1) is 12.7. The number of nitrogens with one attached hydrogen (secondary N) is 2. The summed E-state index contributed by atoms with van der Waals surface area (Å²) < 4.78 is 13.2. The summed E-state index contributed by atoms with van der Waals surface area (Å²) in [4.78, 5) is 18.4. The third-order valence-corrected chi connectivity index (χ3v) is 4.46. The zero-order chi connectivity index (χ0) is 18.4. The summed E-state index contributed by atoms with van der Waals surface area (Å²) in [5.41, 5.74) is 3.34. The lowest BCUT2D eigenvalue weighted by molar-refractivity contribution is -0.130. The molecule has 0 saturated carbocycles. The highest BCUT2D eigenvalue weighted by Crippen LogP contribution is 2.18. The zero-order valence-electron chi connectivity index (χ0n) is 15.2. The Bertz CT molecular complexity index is 812. The van der Waals surface area contributed by atoms with E-state index in [0.717, 1.165) is 18.5 Å². The lowest BCUT2D eigenvalue weighted by Crippen LogP contribution is -2.45. The van der Waals surface area contributed by atoms with Gasteiger partial charge in [0, 0.05) is 26.7 Å². The van der Waals surface area contributed by atoms with Gasteiger partial charge >= 0.3 is 0 Å². The van der Waals surface area contributed by atoms with Gasteiger partial charge in [0.2, 0.25) is 5.91 Å². The minimum absolute atomic E-state index is 0. The van der Waals surface area contributed by atoms with E-state index < -0.39 is 0 Å². The van der Waals surface area contributed by atoms with Gasteiger partial charge in [-0.2, -0.15) is 0 Å².